The van der Waals surface area contributed by atoms with Crippen molar-refractivity contribution in [2.24, 2.45) is 0 Å². The molecule has 0 amide bonds. The molecule has 16 heavy (non-hydrogen) atoms. The average molecular weight is 260 g/mol. The molecule has 0 N–H and O–H groups in total. The molecule has 1 rings (SSSR count). The topological polar surface area (TPSA) is 60.4 Å². The molecule has 0 fully saturated rings. The van der Waals surface area contributed by atoms with E-state index in [0.717, 1.165) is 5.56 Å². The van der Waals surface area contributed by atoms with Crippen molar-refractivity contribution in [2.45, 2.75) is 18.7 Å². The highest BCUT2D eigenvalue weighted by molar-refractivity contribution is 8.72. The Kier molecular flexibility index (Phi) is 4.37. The van der Waals surface area contributed by atoms with Crippen LogP contribution in [-0.2, 0) is 18.4 Å². The maximum atomic E-state index is 11.7. The van der Waals surface area contributed by atoms with Crippen molar-refractivity contribution in [3.05, 3.63) is 29.8 Å². The molecule has 0 unspecified atom stereocenters. The molecule has 4 nitrogen and oxygen atoms in total. The molecule has 0 heterocycles. The number of carbonyl (C=O) groups excluding carboxylic acids is 1. The van der Waals surface area contributed by atoms with Gasteiger partial charge in [0.2, 0.25) is 8.87 Å². The largest absolute Gasteiger partial charge is 0.454 e. The van der Waals surface area contributed by atoms with E-state index in [1.807, 2.05) is 6.92 Å². The molecule has 6 heteroatoms. The highest BCUT2D eigenvalue weighted by Crippen LogP contribution is 2.23. The van der Waals surface area contributed by atoms with Gasteiger partial charge in [-0.25, -0.2) is 8.42 Å². The third-order valence-electron chi connectivity index (χ3n) is 1.78. The smallest absolute Gasteiger partial charge is 0.303 e. The normalized spacial score (nSPS) is 11.1. The minimum atomic E-state index is -3.43. The molecule has 0 bridgehead atoms. The van der Waals surface area contributed by atoms with Crippen LogP contribution in [0.3, 0.4) is 0 Å². The highest BCUT2D eigenvalue weighted by atomic mass is 33.1. The van der Waals surface area contributed by atoms with Crippen LogP contribution >= 0.6 is 10.8 Å². The van der Waals surface area contributed by atoms with E-state index in [0.29, 0.717) is 10.8 Å². The minimum Gasteiger partial charge on any atom is -0.454 e. The van der Waals surface area contributed by atoms with Crippen molar-refractivity contribution < 1.29 is 17.9 Å². The lowest BCUT2D eigenvalue weighted by atomic mass is 10.2. The Hall–Kier alpha value is -1.01. The molecule has 0 atom stereocenters. The second kappa shape index (κ2) is 5.36. The third kappa shape index (κ3) is 3.86. The van der Waals surface area contributed by atoms with E-state index in [2.05, 4.69) is 4.74 Å². The van der Waals surface area contributed by atoms with Gasteiger partial charge in [0.25, 0.3) is 0 Å². The second-order valence-corrected chi connectivity index (χ2v) is 7.01. The van der Waals surface area contributed by atoms with E-state index in [-0.39, 0.29) is 10.8 Å². The monoisotopic (exact) mass is 260 g/mol. The summed E-state index contributed by atoms with van der Waals surface area (Å²) in [5.41, 5.74) is 0.990. The quantitative estimate of drug-likeness (QED) is 0.470. The fourth-order valence-electron chi connectivity index (χ4n) is 0.943. The Labute approximate surface area is 98.3 Å². The molecule has 0 aromatic heterocycles. The van der Waals surface area contributed by atoms with Gasteiger partial charge in [0.15, 0.2) is 5.94 Å². The molecule has 88 valence electrons. The van der Waals surface area contributed by atoms with Gasteiger partial charge < -0.3 is 4.74 Å². The van der Waals surface area contributed by atoms with Crippen LogP contribution in [0.5, 0.6) is 0 Å². The first-order chi connectivity index (χ1) is 7.42. The zero-order chi connectivity index (χ0) is 12.2. The van der Waals surface area contributed by atoms with Gasteiger partial charge in [-0.1, -0.05) is 17.7 Å². The standard InChI is InChI=1S/C10H12O4S2/c1-8-3-5-10(6-4-8)16(12,13)15-7-14-9(2)11/h3-6H,7H2,1-2H3. The number of carbonyl (C=O) groups is 1. The highest BCUT2D eigenvalue weighted by Gasteiger charge is 2.15. The van der Waals surface area contributed by atoms with Crippen molar-refractivity contribution in [1.29, 1.82) is 0 Å². The Morgan fingerprint density at radius 1 is 1.31 bits per heavy atom. The SMILES string of the molecule is CC(=O)OCSS(=O)(=O)c1ccc(C)cc1. The molecule has 1 aromatic rings. The minimum absolute atomic E-state index is 0.189. The Morgan fingerprint density at radius 3 is 2.38 bits per heavy atom. The van der Waals surface area contributed by atoms with E-state index in [4.69, 9.17) is 0 Å². The van der Waals surface area contributed by atoms with Crippen LogP contribution < -0.4 is 0 Å². The summed E-state index contributed by atoms with van der Waals surface area (Å²) < 4.78 is 28.0. The van der Waals surface area contributed by atoms with Crippen LogP contribution in [0, 0.1) is 6.92 Å². The van der Waals surface area contributed by atoms with Gasteiger partial charge >= 0.3 is 5.97 Å². The van der Waals surface area contributed by atoms with Gasteiger partial charge in [-0.3, -0.25) is 4.79 Å². The molecule has 0 aliphatic rings. The van der Waals surface area contributed by atoms with E-state index < -0.39 is 14.8 Å². The van der Waals surface area contributed by atoms with Gasteiger partial charge in [-0.05, 0) is 19.1 Å². The fourth-order valence-corrected chi connectivity index (χ4v) is 3.16. The summed E-state index contributed by atoms with van der Waals surface area (Å²) >= 11 is 0. The zero-order valence-electron chi connectivity index (χ0n) is 8.97. The first-order valence-electron chi connectivity index (χ1n) is 4.51. The molecule has 1 aromatic carbocycles. The lowest BCUT2D eigenvalue weighted by molar-refractivity contribution is -0.138. The molecule has 0 aliphatic carbocycles. The first-order valence-corrected chi connectivity index (χ1v) is 7.50. The van der Waals surface area contributed by atoms with Crippen LogP contribution in [0.4, 0.5) is 0 Å². The van der Waals surface area contributed by atoms with Gasteiger partial charge in [0.05, 0.1) is 4.90 Å². The Morgan fingerprint density at radius 2 is 1.88 bits per heavy atom. The summed E-state index contributed by atoms with van der Waals surface area (Å²) in [5, 5.41) is 0. The van der Waals surface area contributed by atoms with Crippen LogP contribution in [0.15, 0.2) is 29.2 Å². The van der Waals surface area contributed by atoms with Crippen molar-refractivity contribution >= 4 is 25.6 Å². The molecule has 0 aliphatic heterocycles. The van der Waals surface area contributed by atoms with E-state index in [1.54, 1.807) is 12.1 Å². The first kappa shape index (κ1) is 13.1. The van der Waals surface area contributed by atoms with Gasteiger partial charge in [-0.2, -0.15) is 0 Å². The van der Waals surface area contributed by atoms with Crippen LogP contribution in [0.1, 0.15) is 12.5 Å². The number of esters is 1. The van der Waals surface area contributed by atoms with E-state index in [9.17, 15) is 13.2 Å². The summed E-state index contributed by atoms with van der Waals surface area (Å²) in [6.07, 6.45) is 0. The predicted molar refractivity (Wildman–Crippen MR) is 62.6 cm³/mol. The van der Waals surface area contributed by atoms with Crippen molar-refractivity contribution in [2.75, 3.05) is 5.94 Å². The van der Waals surface area contributed by atoms with Crippen LogP contribution in [0.25, 0.3) is 0 Å². The molecule has 0 saturated heterocycles. The number of ether oxygens (including phenoxy) is 1. The predicted octanol–water partition coefficient (Wildman–Crippen LogP) is 1.94. The molecule has 0 spiro atoms. The summed E-state index contributed by atoms with van der Waals surface area (Å²) in [7, 11) is -2.84. The number of benzene rings is 1. The number of rotatable bonds is 4. The molecule has 0 radical (unpaired) electrons. The maximum absolute atomic E-state index is 11.7. The van der Waals surface area contributed by atoms with Crippen LogP contribution in [0.2, 0.25) is 0 Å². The molecular weight excluding hydrogens is 248 g/mol. The van der Waals surface area contributed by atoms with E-state index in [1.165, 1.54) is 19.1 Å². The van der Waals surface area contributed by atoms with Crippen molar-refractivity contribution in [1.82, 2.24) is 0 Å². The summed E-state index contributed by atoms with van der Waals surface area (Å²) in [6, 6.07) is 6.51. The van der Waals surface area contributed by atoms with E-state index >= 15 is 0 Å². The summed E-state index contributed by atoms with van der Waals surface area (Å²) in [6.45, 7) is 3.11. The van der Waals surface area contributed by atoms with Crippen molar-refractivity contribution in [3.63, 3.8) is 0 Å². The lowest BCUT2D eigenvalue weighted by Crippen LogP contribution is -2.02. The Balaban J connectivity index is 2.71. The second-order valence-electron chi connectivity index (χ2n) is 3.14. The Bertz CT molecular complexity index is 462. The van der Waals surface area contributed by atoms with Gasteiger partial charge in [-0.15, -0.1) is 0 Å². The maximum Gasteiger partial charge on any atom is 0.303 e. The average Bonchev–Trinajstić information content (AvgIpc) is 2.17. The van der Waals surface area contributed by atoms with Gasteiger partial charge in [0.1, 0.15) is 0 Å². The molecule has 0 saturated carbocycles. The summed E-state index contributed by atoms with van der Waals surface area (Å²) in [4.78, 5) is 10.7. The number of hydrogen-bond donors (Lipinski definition) is 0. The zero-order valence-corrected chi connectivity index (χ0v) is 10.6. The van der Waals surface area contributed by atoms with Crippen molar-refractivity contribution in [3.8, 4) is 0 Å². The molecular formula is C10H12O4S2. The number of hydrogen-bond acceptors (Lipinski definition) is 5. The lowest BCUT2D eigenvalue weighted by Gasteiger charge is -2.04. The third-order valence-corrected chi connectivity index (χ3v) is 4.95. The fraction of sp³-hybridized carbons (Fsp3) is 0.300. The number of aryl methyl sites for hydroxylation is 1. The van der Waals surface area contributed by atoms with Gasteiger partial charge in [0, 0.05) is 17.7 Å². The summed E-state index contributed by atoms with van der Waals surface area (Å²) in [5.74, 6) is -0.683. The van der Waals surface area contributed by atoms with Crippen LogP contribution in [-0.4, -0.2) is 20.3 Å².